The Morgan fingerprint density at radius 3 is 2.28 bits per heavy atom. The van der Waals surface area contributed by atoms with E-state index in [-0.39, 0.29) is 12.5 Å². The molecule has 0 bridgehead atoms. The smallest absolute Gasteiger partial charge is 0.148 e. The lowest BCUT2D eigenvalue weighted by atomic mass is 10.1. The molecule has 6 heteroatoms. The molecule has 0 fully saturated rings. The first-order valence-electron chi connectivity index (χ1n) is 6.05. The third kappa shape index (κ3) is 3.30. The molecule has 102 valence electrons. The van der Waals surface area contributed by atoms with E-state index in [9.17, 15) is 5.11 Å². The number of rotatable bonds is 5. The molecule has 0 saturated carbocycles. The molecule has 0 aliphatic heterocycles. The molecule has 0 amide bonds. The molecule has 1 rings (SSSR count). The van der Waals surface area contributed by atoms with Crippen LogP contribution in [-0.2, 0) is 0 Å². The maximum atomic E-state index is 9.31. The Morgan fingerprint density at radius 2 is 1.83 bits per heavy atom. The summed E-state index contributed by atoms with van der Waals surface area (Å²) in [6.45, 7) is 9.74. The number of nitrogens with two attached hydrogens (primary N) is 1. The number of nitrogen functional groups attached to an aromatic ring is 1. The van der Waals surface area contributed by atoms with Crippen molar-refractivity contribution in [2.45, 2.75) is 46.1 Å². The number of aliphatic hydroxyl groups is 1. The van der Waals surface area contributed by atoms with Crippen LogP contribution < -0.4 is 16.6 Å². The van der Waals surface area contributed by atoms with Crippen molar-refractivity contribution in [3.8, 4) is 0 Å². The van der Waals surface area contributed by atoms with Crippen LogP contribution >= 0.6 is 0 Å². The van der Waals surface area contributed by atoms with E-state index in [0.29, 0.717) is 17.5 Å². The number of hydrogen-bond acceptors (Lipinski definition) is 6. The van der Waals surface area contributed by atoms with Crippen molar-refractivity contribution >= 4 is 11.6 Å². The summed E-state index contributed by atoms with van der Waals surface area (Å²) in [7, 11) is 0. The zero-order chi connectivity index (χ0) is 13.9. The van der Waals surface area contributed by atoms with Crippen molar-refractivity contribution in [3.63, 3.8) is 0 Å². The molecule has 0 aliphatic rings. The maximum Gasteiger partial charge on any atom is 0.148 e. The fourth-order valence-electron chi connectivity index (χ4n) is 1.41. The van der Waals surface area contributed by atoms with Crippen LogP contribution in [0.15, 0.2) is 0 Å². The van der Waals surface area contributed by atoms with Gasteiger partial charge < -0.3 is 15.8 Å². The number of hydrazine groups is 1. The third-order valence-electron chi connectivity index (χ3n) is 2.67. The number of nitrogens with one attached hydrogen (secondary N) is 2. The summed E-state index contributed by atoms with van der Waals surface area (Å²) in [5.74, 6) is 7.68. The van der Waals surface area contributed by atoms with Crippen LogP contribution in [0.2, 0.25) is 0 Å². The molecule has 18 heavy (non-hydrogen) atoms. The lowest BCUT2D eigenvalue weighted by molar-refractivity contribution is 0.233. The van der Waals surface area contributed by atoms with Crippen LogP contribution in [0.5, 0.6) is 0 Å². The summed E-state index contributed by atoms with van der Waals surface area (Å²) in [5.41, 5.74) is 2.97. The predicted molar refractivity (Wildman–Crippen MR) is 73.5 cm³/mol. The lowest BCUT2D eigenvalue weighted by Crippen LogP contribution is -2.36. The van der Waals surface area contributed by atoms with Gasteiger partial charge in [0.25, 0.3) is 0 Å². The van der Waals surface area contributed by atoms with Gasteiger partial charge in [-0.25, -0.2) is 15.8 Å². The summed E-state index contributed by atoms with van der Waals surface area (Å²) in [5, 5.41) is 12.5. The summed E-state index contributed by atoms with van der Waals surface area (Å²) < 4.78 is 0. The number of nitrogens with zero attached hydrogens (tertiary/aromatic N) is 2. The molecular weight excluding hydrogens is 230 g/mol. The molecule has 0 unspecified atom stereocenters. The maximum absolute atomic E-state index is 9.31. The summed E-state index contributed by atoms with van der Waals surface area (Å²) in [6.07, 6.45) is 0. The molecule has 0 saturated heterocycles. The van der Waals surface area contributed by atoms with Gasteiger partial charge in [-0.2, -0.15) is 0 Å². The molecule has 0 aliphatic carbocycles. The Labute approximate surface area is 108 Å². The van der Waals surface area contributed by atoms with Crippen molar-refractivity contribution in [2.24, 2.45) is 5.84 Å². The van der Waals surface area contributed by atoms with Gasteiger partial charge in [-0.3, -0.25) is 0 Å². The zero-order valence-electron chi connectivity index (χ0n) is 11.7. The Hall–Kier alpha value is -1.40. The average molecular weight is 253 g/mol. The highest BCUT2D eigenvalue weighted by Crippen LogP contribution is 2.24. The molecule has 5 N–H and O–H groups in total. The van der Waals surface area contributed by atoms with Crippen LogP contribution in [0.25, 0.3) is 0 Å². The number of aliphatic hydroxyl groups excluding tert-OH is 1. The van der Waals surface area contributed by atoms with Crippen molar-refractivity contribution in [3.05, 3.63) is 11.4 Å². The highest BCUT2D eigenvalue weighted by Gasteiger charge is 2.20. The second-order valence-electron chi connectivity index (χ2n) is 5.37. The Morgan fingerprint density at radius 1 is 1.28 bits per heavy atom. The van der Waals surface area contributed by atoms with E-state index in [0.717, 1.165) is 5.56 Å². The van der Waals surface area contributed by atoms with Gasteiger partial charge in [-0.15, -0.1) is 0 Å². The summed E-state index contributed by atoms with van der Waals surface area (Å²) in [4.78, 5) is 8.84. The van der Waals surface area contributed by atoms with Crippen LogP contribution in [0, 0.1) is 6.92 Å². The first kappa shape index (κ1) is 14.7. The van der Waals surface area contributed by atoms with E-state index in [1.165, 1.54) is 0 Å². The van der Waals surface area contributed by atoms with Gasteiger partial charge in [0.1, 0.15) is 17.5 Å². The van der Waals surface area contributed by atoms with Crippen molar-refractivity contribution in [2.75, 3.05) is 17.3 Å². The molecule has 0 atom stereocenters. The lowest BCUT2D eigenvalue weighted by Gasteiger charge is -2.26. The molecule has 1 aromatic heterocycles. The summed E-state index contributed by atoms with van der Waals surface area (Å²) in [6, 6.07) is 0. The van der Waals surface area contributed by atoms with Gasteiger partial charge in [0.05, 0.1) is 12.1 Å². The van der Waals surface area contributed by atoms with Gasteiger partial charge in [-0.1, -0.05) is 13.8 Å². The van der Waals surface area contributed by atoms with Gasteiger partial charge in [0, 0.05) is 11.5 Å². The molecule has 0 radical (unpaired) electrons. The molecule has 1 aromatic rings. The Kier molecular flexibility index (Phi) is 4.48. The SMILES string of the molecule is Cc1c(NN)nc(C(C)C)nc1NC(C)(C)CO. The van der Waals surface area contributed by atoms with E-state index >= 15 is 0 Å². The largest absolute Gasteiger partial charge is 0.394 e. The summed E-state index contributed by atoms with van der Waals surface area (Å²) >= 11 is 0. The zero-order valence-corrected chi connectivity index (χ0v) is 11.7. The minimum Gasteiger partial charge on any atom is -0.394 e. The normalized spacial score (nSPS) is 11.8. The van der Waals surface area contributed by atoms with Crippen LogP contribution in [0.3, 0.4) is 0 Å². The fraction of sp³-hybridized carbons (Fsp3) is 0.667. The van der Waals surface area contributed by atoms with Crippen LogP contribution in [0.4, 0.5) is 11.6 Å². The molecule has 0 spiro atoms. The Bertz CT molecular complexity index is 417. The molecular formula is C12H23N5O. The highest BCUT2D eigenvalue weighted by molar-refractivity contribution is 5.57. The van der Waals surface area contributed by atoms with Gasteiger partial charge in [-0.05, 0) is 20.8 Å². The third-order valence-corrected chi connectivity index (χ3v) is 2.67. The van der Waals surface area contributed by atoms with Crippen molar-refractivity contribution in [1.82, 2.24) is 9.97 Å². The number of hydrogen-bond donors (Lipinski definition) is 4. The Balaban J connectivity index is 3.21. The van der Waals surface area contributed by atoms with Gasteiger partial charge >= 0.3 is 0 Å². The van der Waals surface area contributed by atoms with E-state index in [1.54, 1.807) is 0 Å². The van der Waals surface area contributed by atoms with Crippen LogP contribution in [-0.4, -0.2) is 27.2 Å². The van der Waals surface area contributed by atoms with E-state index in [4.69, 9.17) is 5.84 Å². The molecule has 6 nitrogen and oxygen atoms in total. The quantitative estimate of drug-likeness (QED) is 0.467. The van der Waals surface area contributed by atoms with Crippen LogP contribution in [0.1, 0.15) is 45.0 Å². The van der Waals surface area contributed by atoms with E-state index in [1.807, 2.05) is 34.6 Å². The van der Waals surface area contributed by atoms with E-state index < -0.39 is 5.54 Å². The van der Waals surface area contributed by atoms with Crippen molar-refractivity contribution < 1.29 is 5.11 Å². The first-order chi connectivity index (χ1) is 8.30. The van der Waals surface area contributed by atoms with Crippen molar-refractivity contribution in [1.29, 1.82) is 0 Å². The standard InChI is InChI=1S/C12H23N5O/c1-7(2)9-14-10(16-12(4,5)6-18)8(3)11(15-9)17-13/h7,18H,6,13H2,1-5H3,(H2,14,15,16,17). The molecule has 0 aromatic carbocycles. The van der Waals surface area contributed by atoms with E-state index in [2.05, 4.69) is 20.7 Å². The fourth-order valence-corrected chi connectivity index (χ4v) is 1.41. The highest BCUT2D eigenvalue weighted by atomic mass is 16.3. The number of aromatic nitrogens is 2. The topological polar surface area (TPSA) is 96.1 Å². The average Bonchev–Trinajstić information content (AvgIpc) is 2.31. The predicted octanol–water partition coefficient (Wildman–Crippen LogP) is 1.38. The minimum atomic E-state index is -0.445. The second-order valence-corrected chi connectivity index (χ2v) is 5.37. The first-order valence-corrected chi connectivity index (χ1v) is 6.05. The minimum absolute atomic E-state index is 0.0127. The van der Waals surface area contributed by atoms with Gasteiger partial charge in [0.15, 0.2) is 0 Å². The number of anilines is 2. The monoisotopic (exact) mass is 253 g/mol. The second kappa shape index (κ2) is 5.49. The molecule has 1 heterocycles. The van der Waals surface area contributed by atoms with Gasteiger partial charge in [0.2, 0.25) is 0 Å².